The van der Waals surface area contributed by atoms with Gasteiger partial charge in [0.25, 0.3) is 0 Å². The monoisotopic (exact) mass is 1060 g/mol. The Morgan fingerprint density at radius 1 is 0.920 bits per heavy atom. The van der Waals surface area contributed by atoms with Gasteiger partial charge in [-0.1, -0.05) is 50.3 Å². The third-order valence-electron chi connectivity index (χ3n) is 16.7. The lowest BCUT2D eigenvalue weighted by molar-refractivity contribution is -0.308. The number of aryl methyl sites for hydroxylation is 1. The summed E-state index contributed by atoms with van der Waals surface area (Å²) in [6, 6.07) is 6.50. The van der Waals surface area contributed by atoms with E-state index in [2.05, 4.69) is 20.3 Å². The van der Waals surface area contributed by atoms with Crippen LogP contribution in [-0.4, -0.2) is 193 Å². The molecule has 0 saturated carbocycles. The molecule has 3 fully saturated rings. The Bertz CT molecular complexity index is 2250. The van der Waals surface area contributed by atoms with E-state index in [1.807, 2.05) is 84.2 Å². The van der Waals surface area contributed by atoms with E-state index in [0.29, 0.717) is 38.0 Å². The Morgan fingerprint density at radius 3 is 2.23 bits per heavy atom. The number of carbonyl (C=O) groups is 1. The van der Waals surface area contributed by atoms with E-state index in [4.69, 9.17) is 33.2 Å². The van der Waals surface area contributed by atoms with Crippen LogP contribution in [0.1, 0.15) is 125 Å². The summed E-state index contributed by atoms with van der Waals surface area (Å²) in [5.41, 5.74) is -0.928. The van der Waals surface area contributed by atoms with Crippen molar-refractivity contribution in [2.24, 2.45) is 24.8 Å². The number of methoxy groups -OCH3 is 2. The number of hydrogen-bond acceptors (Lipinski definition) is 17. The maximum atomic E-state index is 14.9. The van der Waals surface area contributed by atoms with Crippen LogP contribution in [-0.2, 0) is 51.4 Å². The second-order valence-electron chi connectivity index (χ2n) is 22.9. The van der Waals surface area contributed by atoms with Gasteiger partial charge in [0, 0.05) is 89.6 Å². The van der Waals surface area contributed by atoms with E-state index in [9.17, 15) is 29.6 Å². The lowest BCUT2D eigenvalue weighted by Gasteiger charge is -2.48. The second kappa shape index (κ2) is 25.5. The summed E-state index contributed by atoms with van der Waals surface area (Å²) in [6.45, 7) is 18.2. The molecule has 3 aliphatic rings. The van der Waals surface area contributed by atoms with Crippen molar-refractivity contribution >= 4 is 5.97 Å². The van der Waals surface area contributed by atoms with Crippen LogP contribution in [0.3, 0.4) is 0 Å². The van der Waals surface area contributed by atoms with Gasteiger partial charge in [0.2, 0.25) is 0 Å². The molecule has 6 rings (SSSR count). The minimum atomic E-state index is -1.82. The summed E-state index contributed by atoms with van der Waals surface area (Å²) in [6.07, 6.45) is -0.829. The number of aliphatic hydroxyl groups excluding tert-OH is 2. The van der Waals surface area contributed by atoms with Gasteiger partial charge in [0.05, 0.1) is 53.4 Å². The fraction of sp³-hybridized carbons (Fsp3) is 0.782. The fourth-order valence-corrected chi connectivity index (χ4v) is 11.9. The van der Waals surface area contributed by atoms with Crippen molar-refractivity contribution in [3.63, 3.8) is 0 Å². The highest BCUT2D eigenvalue weighted by Crippen LogP contribution is 2.41. The number of nitrogens with zero attached hydrogens (tertiary/aromatic N) is 7. The van der Waals surface area contributed by atoms with Gasteiger partial charge in [-0.05, 0) is 98.9 Å². The van der Waals surface area contributed by atoms with Gasteiger partial charge in [0.1, 0.15) is 42.7 Å². The van der Waals surface area contributed by atoms with Crippen LogP contribution in [0.4, 0.5) is 4.39 Å². The molecule has 0 bridgehead atoms. The van der Waals surface area contributed by atoms with E-state index >= 15 is 0 Å². The highest BCUT2D eigenvalue weighted by Gasteiger charge is 2.52. The van der Waals surface area contributed by atoms with E-state index in [1.54, 1.807) is 63.5 Å². The van der Waals surface area contributed by atoms with Gasteiger partial charge in [-0.3, -0.25) is 9.48 Å². The molecule has 3 saturated heterocycles. The normalized spacial score (nSPS) is 37.9. The number of ether oxygens (including phenoxy) is 7. The molecule has 0 spiro atoms. The molecule has 1 aromatic carbocycles. The minimum absolute atomic E-state index is 0.0158. The van der Waals surface area contributed by atoms with E-state index in [-0.39, 0.29) is 37.3 Å². The van der Waals surface area contributed by atoms with Crippen LogP contribution >= 0.6 is 0 Å². The molecule has 5 heterocycles. The number of aromatic nitrogens is 5. The molecule has 0 unspecified atom stereocenters. The highest BCUT2D eigenvalue weighted by atomic mass is 19.1. The zero-order chi connectivity index (χ0) is 55.3. The molecule has 0 radical (unpaired) electrons. The summed E-state index contributed by atoms with van der Waals surface area (Å²) < 4.78 is 62.8. The molecule has 20 heteroatoms. The van der Waals surface area contributed by atoms with Crippen molar-refractivity contribution in [2.45, 2.75) is 204 Å². The summed E-state index contributed by atoms with van der Waals surface area (Å²) in [7, 11) is 8.85. The number of carbonyl (C=O) groups excluding carboxylic acids is 1. The standard InChI is InChI=1S/C55H90FN7O12/c1-16-44-55(10,68)49(64)36(6)61(12)29-32(2)25-53(8,67)51(34(4)47(35(5)52(66)73-44)74-46-26-54(9,70-15)50(65)37(7)72-46)75-45-24-42(23-33(3)71-45)60(11)22-21-41-31-63(59-58-41)43(27-56)48(69-14)39-19-17-38(18-20-39)40-28-57-62(13)30-40/h17-20,28,30-37,42-51,64-65,67-68H,16,21-27,29H2,1-15H3/t32-,33-,34+,35-,36-,37+,42+,43-,44-,45+,46+,47+,48-,49-,50+,51-,53-,54-,55-/m1/s1. The topological polar surface area (TPSA) is 218 Å². The number of cyclic esters (lactones) is 1. The van der Waals surface area contributed by atoms with Crippen LogP contribution in [0, 0.1) is 17.8 Å². The lowest BCUT2D eigenvalue weighted by atomic mass is 9.77. The largest absolute Gasteiger partial charge is 0.459 e. The van der Waals surface area contributed by atoms with Crippen molar-refractivity contribution in [3.05, 3.63) is 54.1 Å². The molecule has 3 aromatic rings. The van der Waals surface area contributed by atoms with Gasteiger partial charge < -0.3 is 63.4 Å². The maximum Gasteiger partial charge on any atom is 0.311 e. The SMILES string of the molecule is CC[C@H]1OC(=O)[C@H](C)[C@@H](O[C@H]2C[C@@](C)(OC)[C@@H](O)[C@H](C)O2)[C@H](C)[C@@H](O[C@H]2C[C@@H](N(C)CCc3cn([C@H](CF)[C@H](OC)c4ccc(-c5cnn(C)c5)cc4)nn3)C[C@@H](C)O2)[C@](C)(O)C[C@@H](C)CN(C)[C@H](C)[C@@H](O)[C@]1(C)O. The third-order valence-corrected chi connectivity index (χ3v) is 16.7. The summed E-state index contributed by atoms with van der Waals surface area (Å²) in [5, 5.41) is 60.7. The first-order valence-electron chi connectivity index (χ1n) is 26.9. The van der Waals surface area contributed by atoms with Gasteiger partial charge in [-0.15, -0.1) is 5.10 Å². The molecule has 2 aromatic heterocycles. The first kappa shape index (κ1) is 60.7. The van der Waals surface area contributed by atoms with Crippen LogP contribution < -0.4 is 0 Å². The van der Waals surface area contributed by atoms with E-state index in [0.717, 1.165) is 16.7 Å². The van der Waals surface area contributed by atoms with Crippen LogP contribution in [0.15, 0.2) is 42.9 Å². The predicted octanol–water partition coefficient (Wildman–Crippen LogP) is 5.43. The van der Waals surface area contributed by atoms with Gasteiger partial charge in [-0.25, -0.2) is 9.07 Å². The van der Waals surface area contributed by atoms with Crippen molar-refractivity contribution in [1.29, 1.82) is 0 Å². The number of likely N-dealkylation sites (N-methyl/N-ethyl adjacent to an activating group) is 2. The minimum Gasteiger partial charge on any atom is -0.459 e. The molecule has 424 valence electrons. The number of esters is 1. The number of hydrogen-bond donors (Lipinski definition) is 4. The summed E-state index contributed by atoms with van der Waals surface area (Å²) in [4.78, 5) is 18.7. The molecule has 4 N–H and O–H groups in total. The zero-order valence-electron chi connectivity index (χ0n) is 47.2. The molecule has 3 aliphatic heterocycles. The van der Waals surface area contributed by atoms with Crippen LogP contribution in [0.25, 0.3) is 11.1 Å². The molecular formula is C55H90FN7O12. The number of benzene rings is 1. The molecular weight excluding hydrogens is 970 g/mol. The zero-order valence-corrected chi connectivity index (χ0v) is 47.2. The van der Waals surface area contributed by atoms with E-state index < -0.39 is 109 Å². The Morgan fingerprint density at radius 2 is 1.61 bits per heavy atom. The number of halogens is 1. The van der Waals surface area contributed by atoms with Crippen LogP contribution in [0.2, 0.25) is 0 Å². The Balaban J connectivity index is 1.23. The Labute approximate surface area is 444 Å². The Hall–Kier alpha value is -3.51. The molecule has 75 heavy (non-hydrogen) atoms. The van der Waals surface area contributed by atoms with Crippen molar-refractivity contribution in [1.82, 2.24) is 34.6 Å². The molecule has 0 amide bonds. The quantitative estimate of drug-likeness (QED) is 0.132. The Kier molecular flexibility index (Phi) is 20.7. The summed E-state index contributed by atoms with van der Waals surface area (Å²) in [5.74, 6) is -2.57. The number of alkyl halides is 1. The number of rotatable bonds is 16. The fourth-order valence-electron chi connectivity index (χ4n) is 11.9. The van der Waals surface area contributed by atoms with Crippen molar-refractivity contribution in [2.75, 3.05) is 48.1 Å². The van der Waals surface area contributed by atoms with Crippen LogP contribution in [0.5, 0.6) is 0 Å². The maximum absolute atomic E-state index is 14.9. The predicted molar refractivity (Wildman–Crippen MR) is 279 cm³/mol. The highest BCUT2D eigenvalue weighted by molar-refractivity contribution is 5.73. The van der Waals surface area contributed by atoms with E-state index in [1.165, 1.54) is 14.0 Å². The van der Waals surface area contributed by atoms with Gasteiger partial charge in [-0.2, -0.15) is 5.10 Å². The van der Waals surface area contributed by atoms with Crippen molar-refractivity contribution < 1.29 is 62.8 Å². The average molecular weight is 1060 g/mol. The lowest BCUT2D eigenvalue weighted by Crippen LogP contribution is -2.59. The van der Waals surface area contributed by atoms with Crippen molar-refractivity contribution in [3.8, 4) is 11.1 Å². The first-order chi connectivity index (χ1) is 35.3. The average Bonchev–Trinajstić information content (AvgIpc) is 4.03. The van der Waals surface area contributed by atoms with Gasteiger partial charge in [0.15, 0.2) is 12.6 Å². The first-order valence-corrected chi connectivity index (χ1v) is 26.9. The molecule has 19 nitrogen and oxygen atoms in total. The second-order valence-corrected chi connectivity index (χ2v) is 22.9. The number of aliphatic hydroxyl groups is 4. The smallest absolute Gasteiger partial charge is 0.311 e. The summed E-state index contributed by atoms with van der Waals surface area (Å²) >= 11 is 0. The van der Waals surface area contributed by atoms with Gasteiger partial charge >= 0.3 is 5.97 Å². The molecule has 19 atom stereocenters. The third kappa shape index (κ3) is 14.2. The molecule has 0 aliphatic carbocycles.